The molecule has 240 valence electrons. The predicted molar refractivity (Wildman–Crippen MR) is 187 cm³/mol. The Morgan fingerprint density at radius 3 is 2.27 bits per heavy atom. The molecule has 2 amide bonds. The first-order valence-corrected chi connectivity index (χ1v) is 16.4. The third-order valence-electron chi connectivity index (χ3n) is 8.28. The van der Waals surface area contributed by atoms with Crippen molar-refractivity contribution in [3.8, 4) is 16.9 Å². The normalized spacial score (nSPS) is 11.5. The second kappa shape index (κ2) is 15.7. The van der Waals surface area contributed by atoms with Crippen LogP contribution in [0.25, 0.3) is 22.2 Å². The molecule has 0 fully saturated rings. The summed E-state index contributed by atoms with van der Waals surface area (Å²) in [7, 11) is 0. The van der Waals surface area contributed by atoms with E-state index in [4.69, 9.17) is 4.74 Å². The van der Waals surface area contributed by atoms with Gasteiger partial charge in [-0.3, -0.25) is 9.69 Å². The summed E-state index contributed by atoms with van der Waals surface area (Å²) < 4.78 is 6.13. The van der Waals surface area contributed by atoms with Gasteiger partial charge in [-0.2, -0.15) is 0 Å². The van der Waals surface area contributed by atoms with Crippen molar-refractivity contribution in [1.82, 2.24) is 14.9 Å². The third kappa shape index (κ3) is 8.31. The number of likely N-dealkylation sites (N-methyl/N-ethyl adjacent to an activating group) is 1. The average molecular weight is 612 g/mol. The van der Waals surface area contributed by atoms with Gasteiger partial charge in [0, 0.05) is 30.4 Å². The number of anilines is 2. The molecule has 0 aliphatic heterocycles. The number of aromatic amines is 1. The number of hydrogen-bond acceptors (Lipinski definition) is 5. The number of fused-ring (bicyclic) bond motifs is 1. The van der Waals surface area contributed by atoms with Gasteiger partial charge in [0.2, 0.25) is 0 Å². The number of aromatic nitrogens is 2. The zero-order chi connectivity index (χ0) is 32.5. The van der Waals surface area contributed by atoms with Crippen LogP contribution in [-0.4, -0.2) is 53.7 Å². The van der Waals surface area contributed by atoms with E-state index in [1.165, 1.54) is 0 Å². The fourth-order valence-electron chi connectivity index (χ4n) is 5.55. The number of H-pyrrole nitrogens is 1. The molecule has 0 aliphatic rings. The van der Waals surface area contributed by atoms with Crippen LogP contribution in [0.15, 0.2) is 65.6 Å². The van der Waals surface area contributed by atoms with E-state index in [9.17, 15) is 9.59 Å². The van der Waals surface area contributed by atoms with Crippen molar-refractivity contribution in [2.75, 3.05) is 43.0 Å². The number of pyridine rings is 2. The third-order valence-corrected chi connectivity index (χ3v) is 8.28. The summed E-state index contributed by atoms with van der Waals surface area (Å²) in [6, 6.07) is 17.7. The highest BCUT2D eigenvalue weighted by molar-refractivity contribution is 6.03. The zero-order valence-electron chi connectivity index (χ0n) is 27.9. The largest absolute Gasteiger partial charge is 0.492 e. The molecular formula is C37H49N5O3. The number of hydrogen-bond donors (Lipinski definition) is 2. The van der Waals surface area contributed by atoms with Gasteiger partial charge in [0.05, 0.1) is 0 Å². The van der Waals surface area contributed by atoms with Gasteiger partial charge in [-0.1, -0.05) is 67.0 Å². The fraction of sp³-hybridized carbons (Fsp3) is 0.432. The van der Waals surface area contributed by atoms with E-state index < -0.39 is 0 Å². The fourth-order valence-corrected chi connectivity index (χ4v) is 5.55. The minimum absolute atomic E-state index is 0.144. The SMILES string of the molecule is CCCCN(C(=O)Nc1c(C(C)C)cc(-c2cccc(OCCN(CC)CC)c2)cc1C(C)C)c1cc2cccnc2[nH]c1=O. The zero-order valence-corrected chi connectivity index (χ0v) is 27.9. The minimum atomic E-state index is -0.338. The molecule has 45 heavy (non-hydrogen) atoms. The number of nitrogens with zero attached hydrogens (tertiary/aromatic N) is 3. The first-order valence-electron chi connectivity index (χ1n) is 16.4. The lowest BCUT2D eigenvalue weighted by molar-refractivity contribution is 0.223. The standard InChI is InChI=1S/C37H49N5O3/c1-8-11-18-42(33-24-28-15-13-17-38-35(28)40-36(33)43)37(44)39-34-31(25(4)5)22-29(23-32(34)26(6)7)27-14-12-16-30(21-27)45-20-19-41(9-2)10-3/h12-17,21-26H,8-11,18-20H2,1-7H3,(H,39,44)(H,38,40,43). The van der Waals surface area contributed by atoms with Crippen LogP contribution in [0.1, 0.15) is 84.3 Å². The highest BCUT2D eigenvalue weighted by Gasteiger charge is 2.24. The minimum Gasteiger partial charge on any atom is -0.492 e. The highest BCUT2D eigenvalue weighted by Crippen LogP contribution is 2.38. The lowest BCUT2D eigenvalue weighted by atomic mass is 9.88. The van der Waals surface area contributed by atoms with Gasteiger partial charge >= 0.3 is 6.03 Å². The van der Waals surface area contributed by atoms with Gasteiger partial charge in [-0.15, -0.1) is 0 Å². The summed E-state index contributed by atoms with van der Waals surface area (Å²) in [5.74, 6) is 1.13. The van der Waals surface area contributed by atoms with Crippen molar-refractivity contribution in [1.29, 1.82) is 0 Å². The molecule has 0 spiro atoms. The molecule has 0 atom stereocenters. The van der Waals surface area contributed by atoms with Crippen LogP contribution in [-0.2, 0) is 0 Å². The Balaban J connectivity index is 1.69. The Labute approximate surface area is 267 Å². The number of carbonyl (C=O) groups excluding carboxylic acids is 1. The molecule has 2 heterocycles. The smallest absolute Gasteiger partial charge is 0.326 e. The van der Waals surface area contributed by atoms with E-state index in [1.807, 2.05) is 24.3 Å². The van der Waals surface area contributed by atoms with Crippen LogP contribution in [0.5, 0.6) is 5.75 Å². The van der Waals surface area contributed by atoms with Crippen molar-refractivity contribution < 1.29 is 9.53 Å². The van der Waals surface area contributed by atoms with Crippen LogP contribution in [0.3, 0.4) is 0 Å². The van der Waals surface area contributed by atoms with Crippen LogP contribution in [0.2, 0.25) is 0 Å². The Morgan fingerprint density at radius 1 is 0.911 bits per heavy atom. The molecule has 0 saturated heterocycles. The lowest BCUT2D eigenvalue weighted by Gasteiger charge is -2.27. The van der Waals surface area contributed by atoms with Gasteiger partial charge in [-0.25, -0.2) is 9.78 Å². The number of ether oxygens (including phenoxy) is 1. The summed E-state index contributed by atoms with van der Waals surface area (Å²) in [4.78, 5) is 38.3. The number of urea groups is 1. The maximum Gasteiger partial charge on any atom is 0.326 e. The van der Waals surface area contributed by atoms with Gasteiger partial charge < -0.3 is 19.9 Å². The monoisotopic (exact) mass is 611 g/mol. The second-order valence-corrected chi connectivity index (χ2v) is 12.1. The van der Waals surface area contributed by atoms with Gasteiger partial charge in [-0.05, 0) is 96.1 Å². The number of nitrogens with one attached hydrogen (secondary N) is 2. The predicted octanol–water partition coefficient (Wildman–Crippen LogP) is 8.40. The van der Waals surface area contributed by atoms with Crippen LogP contribution in [0.4, 0.5) is 16.2 Å². The summed E-state index contributed by atoms with van der Waals surface area (Å²) in [5.41, 5.74) is 5.52. The van der Waals surface area contributed by atoms with Crippen molar-refractivity contribution in [3.05, 3.63) is 82.3 Å². The summed E-state index contributed by atoms with van der Waals surface area (Å²) in [6.45, 7) is 18.9. The molecule has 8 nitrogen and oxygen atoms in total. The molecule has 0 bridgehead atoms. The van der Waals surface area contributed by atoms with Crippen LogP contribution >= 0.6 is 0 Å². The Hall–Kier alpha value is -4.17. The topological polar surface area (TPSA) is 90.6 Å². The van der Waals surface area contributed by atoms with E-state index in [1.54, 1.807) is 17.2 Å². The Kier molecular flexibility index (Phi) is 11.8. The van der Waals surface area contributed by atoms with Crippen molar-refractivity contribution in [2.45, 2.75) is 73.1 Å². The number of rotatable bonds is 14. The maximum absolute atomic E-state index is 14.1. The quantitative estimate of drug-likeness (QED) is 0.149. The molecule has 0 unspecified atom stereocenters. The van der Waals surface area contributed by atoms with Gasteiger partial charge in [0.25, 0.3) is 5.56 Å². The summed E-state index contributed by atoms with van der Waals surface area (Å²) in [6.07, 6.45) is 3.29. The molecular weight excluding hydrogens is 562 g/mol. The number of amides is 2. The molecule has 8 heteroatoms. The van der Waals surface area contributed by atoms with E-state index >= 15 is 0 Å². The molecule has 2 N–H and O–H groups in total. The molecule has 0 saturated carbocycles. The lowest BCUT2D eigenvalue weighted by Crippen LogP contribution is -2.39. The molecule has 4 rings (SSSR count). The van der Waals surface area contributed by atoms with E-state index in [0.717, 1.165) is 71.6 Å². The second-order valence-electron chi connectivity index (χ2n) is 12.1. The summed E-state index contributed by atoms with van der Waals surface area (Å²) in [5, 5.41) is 4.03. The van der Waals surface area contributed by atoms with Crippen molar-refractivity contribution in [2.24, 2.45) is 0 Å². The Morgan fingerprint density at radius 2 is 1.62 bits per heavy atom. The molecule has 2 aromatic carbocycles. The molecule has 0 aliphatic carbocycles. The average Bonchev–Trinajstić information content (AvgIpc) is 3.03. The molecule has 2 aromatic heterocycles. The first-order chi connectivity index (χ1) is 21.7. The molecule has 4 aromatic rings. The number of benzene rings is 2. The molecule has 0 radical (unpaired) electrons. The highest BCUT2D eigenvalue weighted by atomic mass is 16.5. The van der Waals surface area contributed by atoms with E-state index in [2.05, 4.69) is 92.9 Å². The van der Waals surface area contributed by atoms with Crippen molar-refractivity contribution >= 4 is 28.4 Å². The van der Waals surface area contributed by atoms with E-state index in [0.29, 0.717) is 24.5 Å². The van der Waals surface area contributed by atoms with Crippen LogP contribution in [0, 0.1) is 0 Å². The first kappa shape index (κ1) is 33.7. The van der Waals surface area contributed by atoms with Crippen LogP contribution < -0.4 is 20.5 Å². The maximum atomic E-state index is 14.1. The van der Waals surface area contributed by atoms with Crippen molar-refractivity contribution in [3.63, 3.8) is 0 Å². The van der Waals surface area contributed by atoms with E-state index in [-0.39, 0.29) is 23.4 Å². The summed E-state index contributed by atoms with van der Waals surface area (Å²) >= 11 is 0. The van der Waals surface area contributed by atoms with Gasteiger partial charge in [0.1, 0.15) is 23.7 Å². The number of unbranched alkanes of at least 4 members (excludes halogenated alkanes) is 1. The number of carbonyl (C=O) groups is 1. The Bertz CT molecular complexity index is 1610. The van der Waals surface area contributed by atoms with Gasteiger partial charge in [0.15, 0.2) is 0 Å².